The minimum atomic E-state index is -0.587. The summed E-state index contributed by atoms with van der Waals surface area (Å²) in [7, 11) is 0. The number of anilines is 1. The lowest BCUT2D eigenvalue weighted by Crippen LogP contribution is -2.16. The minimum Gasteiger partial charge on any atom is -0.488 e. The number of hydrogen-bond acceptors (Lipinski definition) is 6. The van der Waals surface area contributed by atoms with Crippen molar-refractivity contribution in [2.75, 3.05) is 11.9 Å². The molecule has 1 N–H and O–H groups in total. The van der Waals surface area contributed by atoms with Crippen LogP contribution in [-0.4, -0.2) is 18.5 Å². The Morgan fingerprint density at radius 2 is 1.94 bits per heavy atom. The molecule has 0 aliphatic heterocycles. The zero-order valence-electron chi connectivity index (χ0n) is 19.8. The van der Waals surface area contributed by atoms with Gasteiger partial charge < -0.3 is 14.8 Å². The number of ether oxygens (including phenoxy) is 2. The zero-order chi connectivity index (χ0) is 25.5. The fourth-order valence-electron chi connectivity index (χ4n) is 4.05. The van der Waals surface area contributed by atoms with Gasteiger partial charge >= 0.3 is 5.97 Å². The lowest BCUT2D eigenvalue weighted by Gasteiger charge is -2.12. The highest BCUT2D eigenvalue weighted by Crippen LogP contribution is 2.39. The third-order valence-corrected chi connectivity index (χ3v) is 7.45. The second kappa shape index (κ2) is 12.0. The average Bonchev–Trinajstić information content (AvgIpc) is 3.25. The zero-order valence-corrected chi connectivity index (χ0v) is 22.2. The van der Waals surface area contributed by atoms with E-state index in [0.717, 1.165) is 46.2 Å². The van der Waals surface area contributed by atoms with Gasteiger partial charge in [-0.25, -0.2) is 4.79 Å². The summed E-state index contributed by atoms with van der Waals surface area (Å²) in [6.07, 6.45) is 5.17. The summed E-state index contributed by atoms with van der Waals surface area (Å²) in [5.41, 5.74) is 2.85. The summed E-state index contributed by atoms with van der Waals surface area (Å²) in [4.78, 5) is 27.0. The van der Waals surface area contributed by atoms with Crippen molar-refractivity contribution >= 4 is 50.2 Å². The third kappa shape index (κ3) is 6.04. The van der Waals surface area contributed by atoms with E-state index in [1.807, 2.05) is 42.5 Å². The first-order chi connectivity index (χ1) is 17.5. The first-order valence-electron chi connectivity index (χ1n) is 11.7. The van der Waals surface area contributed by atoms with Crippen LogP contribution in [0.1, 0.15) is 51.7 Å². The van der Waals surface area contributed by atoms with Gasteiger partial charge in [-0.15, -0.1) is 11.3 Å². The number of hydrogen-bond donors (Lipinski definition) is 1. The second-order valence-corrected chi connectivity index (χ2v) is 10.2. The summed E-state index contributed by atoms with van der Waals surface area (Å²) in [5.74, 6) is -0.490. The van der Waals surface area contributed by atoms with E-state index in [1.165, 1.54) is 17.4 Å². The Kier molecular flexibility index (Phi) is 8.57. The van der Waals surface area contributed by atoms with Gasteiger partial charge in [0, 0.05) is 14.9 Å². The Morgan fingerprint density at radius 3 is 2.69 bits per heavy atom. The molecule has 0 spiro atoms. The summed E-state index contributed by atoms with van der Waals surface area (Å²) in [6, 6.07) is 17.1. The molecule has 0 saturated carbocycles. The smallest absolute Gasteiger partial charge is 0.341 e. The van der Waals surface area contributed by atoms with Crippen molar-refractivity contribution in [1.29, 1.82) is 5.26 Å². The van der Waals surface area contributed by atoms with Crippen molar-refractivity contribution in [3.63, 3.8) is 0 Å². The minimum absolute atomic E-state index is 0.0983. The highest BCUT2D eigenvalue weighted by atomic mass is 79.9. The van der Waals surface area contributed by atoms with Crippen LogP contribution >= 0.6 is 27.3 Å². The molecule has 1 amide bonds. The molecule has 1 aromatic heterocycles. The van der Waals surface area contributed by atoms with Gasteiger partial charge in [0.2, 0.25) is 0 Å². The summed E-state index contributed by atoms with van der Waals surface area (Å²) in [5, 5.41) is 13.0. The molecule has 184 valence electrons. The van der Waals surface area contributed by atoms with E-state index in [1.54, 1.807) is 19.1 Å². The number of esters is 1. The van der Waals surface area contributed by atoms with Crippen molar-refractivity contribution in [1.82, 2.24) is 0 Å². The van der Waals surface area contributed by atoms with Gasteiger partial charge in [0.25, 0.3) is 5.91 Å². The molecule has 1 aliphatic carbocycles. The number of nitriles is 1. The molecule has 0 unspecified atom stereocenters. The molecule has 1 heterocycles. The van der Waals surface area contributed by atoms with Gasteiger partial charge in [-0.3, -0.25) is 4.79 Å². The maximum atomic E-state index is 13.2. The Balaban J connectivity index is 1.61. The number of amides is 1. The Labute approximate surface area is 222 Å². The molecule has 2 aromatic carbocycles. The third-order valence-electron chi connectivity index (χ3n) is 5.75. The average molecular weight is 565 g/mol. The van der Waals surface area contributed by atoms with Crippen LogP contribution in [-0.2, 0) is 29.0 Å². The molecule has 3 aromatic rings. The molecule has 0 atom stereocenters. The van der Waals surface area contributed by atoms with Crippen LogP contribution in [0.2, 0.25) is 0 Å². The number of thiophene rings is 1. The van der Waals surface area contributed by atoms with Crippen molar-refractivity contribution in [3.05, 3.63) is 85.7 Å². The van der Waals surface area contributed by atoms with Crippen molar-refractivity contribution in [2.45, 2.75) is 39.2 Å². The Hall–Kier alpha value is -3.41. The molecule has 36 heavy (non-hydrogen) atoms. The van der Waals surface area contributed by atoms with Crippen molar-refractivity contribution < 1.29 is 19.1 Å². The number of carbonyl (C=O) groups is 2. The van der Waals surface area contributed by atoms with E-state index in [0.29, 0.717) is 28.5 Å². The monoisotopic (exact) mass is 564 g/mol. The highest BCUT2D eigenvalue weighted by molar-refractivity contribution is 9.10. The number of aryl methyl sites for hydroxylation is 1. The van der Waals surface area contributed by atoms with E-state index in [9.17, 15) is 14.9 Å². The number of halogens is 1. The van der Waals surface area contributed by atoms with Crippen molar-refractivity contribution in [2.24, 2.45) is 0 Å². The van der Waals surface area contributed by atoms with Gasteiger partial charge in [-0.1, -0.05) is 46.3 Å². The maximum absolute atomic E-state index is 13.2. The molecule has 0 saturated heterocycles. The molecular weight excluding hydrogens is 540 g/mol. The van der Waals surface area contributed by atoms with E-state index in [2.05, 4.69) is 21.2 Å². The number of nitrogens with zero attached hydrogens (tertiary/aromatic N) is 1. The molecule has 4 rings (SSSR count). The highest BCUT2D eigenvalue weighted by Gasteiger charge is 2.28. The van der Waals surface area contributed by atoms with E-state index >= 15 is 0 Å². The molecule has 0 fully saturated rings. The number of nitrogens with one attached hydrogen (secondary N) is 1. The fourth-order valence-corrected chi connectivity index (χ4v) is 5.70. The van der Waals surface area contributed by atoms with Crippen LogP contribution in [0.3, 0.4) is 0 Å². The van der Waals surface area contributed by atoms with Gasteiger partial charge in [0.05, 0.1) is 12.2 Å². The topological polar surface area (TPSA) is 88.4 Å². The maximum Gasteiger partial charge on any atom is 0.341 e. The molecule has 0 bridgehead atoms. The summed E-state index contributed by atoms with van der Waals surface area (Å²) in [6.45, 7) is 2.34. The van der Waals surface area contributed by atoms with Gasteiger partial charge in [0.15, 0.2) is 0 Å². The van der Waals surface area contributed by atoms with Gasteiger partial charge in [0.1, 0.15) is 29.0 Å². The number of benzene rings is 2. The number of rotatable bonds is 8. The van der Waals surface area contributed by atoms with Crippen LogP contribution < -0.4 is 10.1 Å². The van der Waals surface area contributed by atoms with Gasteiger partial charge in [-0.05, 0) is 68.0 Å². The SMILES string of the molecule is CCOC(=O)c1c(NC(=O)/C(C#N)=C/c2cc(Br)ccc2OCc2ccccc2)sc2c1CCCC2. The van der Waals surface area contributed by atoms with Crippen LogP contribution in [0.25, 0.3) is 6.08 Å². The first-order valence-corrected chi connectivity index (χ1v) is 13.3. The summed E-state index contributed by atoms with van der Waals surface area (Å²) >= 11 is 4.84. The van der Waals surface area contributed by atoms with E-state index in [-0.39, 0.29) is 12.2 Å². The Bertz CT molecular complexity index is 1340. The predicted octanol–water partition coefficient (Wildman–Crippen LogP) is 6.69. The van der Waals surface area contributed by atoms with Crippen LogP contribution in [0, 0.1) is 11.3 Å². The predicted molar refractivity (Wildman–Crippen MR) is 144 cm³/mol. The lowest BCUT2D eigenvalue weighted by atomic mass is 9.95. The lowest BCUT2D eigenvalue weighted by molar-refractivity contribution is -0.112. The molecule has 6 nitrogen and oxygen atoms in total. The van der Waals surface area contributed by atoms with Gasteiger partial charge in [-0.2, -0.15) is 5.26 Å². The standard InChI is InChI=1S/C28H25BrN2O4S/c1-2-34-28(33)25-22-10-6-7-11-24(22)36-27(25)31-26(32)20(16-30)14-19-15-21(29)12-13-23(19)35-17-18-8-4-3-5-9-18/h3-5,8-9,12-15H,2,6-7,10-11,17H2,1H3,(H,31,32)/b20-14+. The number of fused-ring (bicyclic) bond motifs is 1. The van der Waals surface area contributed by atoms with E-state index in [4.69, 9.17) is 9.47 Å². The van der Waals surface area contributed by atoms with Crippen LogP contribution in [0.5, 0.6) is 5.75 Å². The van der Waals surface area contributed by atoms with Crippen LogP contribution in [0.4, 0.5) is 5.00 Å². The van der Waals surface area contributed by atoms with Crippen molar-refractivity contribution in [3.8, 4) is 11.8 Å². The Morgan fingerprint density at radius 1 is 1.17 bits per heavy atom. The first kappa shape index (κ1) is 25.7. The fraction of sp³-hybridized carbons (Fsp3) is 0.250. The molecular formula is C28H25BrN2O4S. The second-order valence-electron chi connectivity index (χ2n) is 8.22. The largest absolute Gasteiger partial charge is 0.488 e. The number of carbonyl (C=O) groups excluding carboxylic acids is 2. The van der Waals surface area contributed by atoms with Crippen LogP contribution in [0.15, 0.2) is 58.6 Å². The van der Waals surface area contributed by atoms with E-state index < -0.39 is 11.9 Å². The molecule has 0 radical (unpaired) electrons. The molecule has 8 heteroatoms. The quantitative estimate of drug-likeness (QED) is 0.187. The summed E-state index contributed by atoms with van der Waals surface area (Å²) < 4.78 is 12.0. The molecule has 1 aliphatic rings. The normalized spacial score (nSPS) is 12.9.